The lowest BCUT2D eigenvalue weighted by molar-refractivity contribution is 0.382. The first-order valence-electron chi connectivity index (χ1n) is 4.83. The molecule has 0 radical (unpaired) electrons. The van der Waals surface area contributed by atoms with Crippen LogP contribution in [0.3, 0.4) is 0 Å². The quantitative estimate of drug-likeness (QED) is 0.381. The molecule has 0 heterocycles. The lowest BCUT2D eigenvalue weighted by Crippen LogP contribution is -2.36. The fourth-order valence-corrected chi connectivity index (χ4v) is 2.40. The average molecular weight is 334 g/mol. The van der Waals surface area contributed by atoms with Crippen LogP contribution in [0.5, 0.6) is 0 Å². The summed E-state index contributed by atoms with van der Waals surface area (Å²) < 4.78 is 89.6. The minimum absolute atomic E-state index is 0.540. The van der Waals surface area contributed by atoms with Gasteiger partial charge in [0, 0.05) is 0 Å². The van der Waals surface area contributed by atoms with Gasteiger partial charge < -0.3 is 5.73 Å². The normalized spacial score (nSPS) is 13.1. The first-order chi connectivity index (χ1) is 9.00. The summed E-state index contributed by atoms with van der Waals surface area (Å²) in [5.41, 5.74) is 3.36. The fraction of sp³-hybridized carbons (Fsp3) is 0.222. The first-order valence-corrected chi connectivity index (χ1v) is 6.78. The second-order valence-electron chi connectivity index (χ2n) is 3.64. The molecule has 0 bridgehead atoms. The Bertz CT molecular complexity index is 648. The van der Waals surface area contributed by atoms with E-state index >= 15 is 0 Å². The molecule has 1 atom stereocenters. The minimum Gasteiger partial charge on any atom is -0.392 e. The van der Waals surface area contributed by atoms with Crippen LogP contribution in [0.2, 0.25) is 0 Å². The van der Waals surface area contributed by atoms with Crippen LogP contribution in [0.25, 0.3) is 0 Å². The van der Waals surface area contributed by atoms with Gasteiger partial charge >= 0.3 is 0 Å². The summed E-state index contributed by atoms with van der Waals surface area (Å²) in [4.78, 5) is -0.540. The maximum Gasteiger partial charge on any atom is 0.242 e. The van der Waals surface area contributed by atoms with Gasteiger partial charge in [-0.25, -0.2) is 30.4 Å². The Morgan fingerprint density at radius 3 is 1.75 bits per heavy atom. The van der Waals surface area contributed by atoms with Crippen molar-refractivity contribution in [1.29, 1.82) is 0 Å². The van der Waals surface area contributed by atoms with E-state index in [2.05, 4.69) is 12.2 Å². The molecular formula is C9H7F5N2O2S2. The number of hydrogen-bond acceptors (Lipinski definition) is 3. The second kappa shape index (κ2) is 5.48. The van der Waals surface area contributed by atoms with Crippen molar-refractivity contribution in [2.75, 3.05) is 4.72 Å². The van der Waals surface area contributed by atoms with Gasteiger partial charge in [-0.3, -0.25) is 4.72 Å². The second-order valence-corrected chi connectivity index (χ2v) is 6.11. The molecule has 1 aromatic carbocycles. The SMILES string of the molecule is CC(C(N)=S)S(=O)(=O)Nc1c(F)c(F)c(F)c(F)c1F. The third-order valence-electron chi connectivity index (χ3n) is 2.32. The lowest BCUT2D eigenvalue weighted by Gasteiger charge is -2.15. The number of halogens is 5. The van der Waals surface area contributed by atoms with Crippen LogP contribution >= 0.6 is 12.2 Å². The zero-order valence-corrected chi connectivity index (χ0v) is 11.3. The summed E-state index contributed by atoms with van der Waals surface area (Å²) in [7, 11) is -4.56. The van der Waals surface area contributed by atoms with Crippen LogP contribution in [0, 0.1) is 29.1 Å². The van der Waals surface area contributed by atoms with Crippen molar-refractivity contribution in [1.82, 2.24) is 0 Å². The van der Waals surface area contributed by atoms with Crippen molar-refractivity contribution in [2.24, 2.45) is 5.73 Å². The zero-order chi connectivity index (χ0) is 15.8. The van der Waals surface area contributed by atoms with Gasteiger partial charge in [0.05, 0.1) is 4.99 Å². The number of nitrogens with one attached hydrogen (secondary N) is 1. The van der Waals surface area contributed by atoms with Crippen molar-refractivity contribution in [2.45, 2.75) is 12.2 Å². The lowest BCUT2D eigenvalue weighted by atomic mass is 10.2. The molecule has 0 saturated carbocycles. The third kappa shape index (κ3) is 2.82. The summed E-state index contributed by atoms with van der Waals surface area (Å²) in [5, 5.41) is -1.58. The highest BCUT2D eigenvalue weighted by Gasteiger charge is 2.31. The van der Waals surface area contributed by atoms with Crippen LogP contribution in [-0.4, -0.2) is 18.7 Å². The molecule has 3 N–H and O–H groups in total. The van der Waals surface area contributed by atoms with E-state index in [1.165, 1.54) is 4.72 Å². The van der Waals surface area contributed by atoms with Crippen LogP contribution in [0.15, 0.2) is 0 Å². The molecule has 0 aliphatic rings. The molecule has 1 rings (SSSR count). The van der Waals surface area contributed by atoms with E-state index in [1.54, 1.807) is 0 Å². The monoisotopic (exact) mass is 334 g/mol. The number of anilines is 1. The molecule has 112 valence electrons. The van der Waals surface area contributed by atoms with Crippen LogP contribution in [0.4, 0.5) is 27.6 Å². The van der Waals surface area contributed by atoms with Crippen molar-refractivity contribution in [3.05, 3.63) is 29.1 Å². The molecule has 0 aliphatic carbocycles. The van der Waals surface area contributed by atoms with Gasteiger partial charge in [0.2, 0.25) is 15.8 Å². The van der Waals surface area contributed by atoms with Crippen molar-refractivity contribution in [3.63, 3.8) is 0 Å². The average Bonchev–Trinajstić information content (AvgIpc) is 2.38. The molecule has 1 aromatic rings. The molecular weight excluding hydrogens is 327 g/mol. The largest absolute Gasteiger partial charge is 0.392 e. The minimum atomic E-state index is -4.56. The van der Waals surface area contributed by atoms with E-state index < -0.39 is 55.0 Å². The summed E-state index contributed by atoms with van der Waals surface area (Å²) in [6, 6.07) is 0. The zero-order valence-electron chi connectivity index (χ0n) is 9.68. The highest BCUT2D eigenvalue weighted by molar-refractivity contribution is 7.95. The van der Waals surface area contributed by atoms with Crippen molar-refractivity contribution < 1.29 is 30.4 Å². The molecule has 20 heavy (non-hydrogen) atoms. The first kappa shape index (κ1) is 16.6. The van der Waals surface area contributed by atoms with Gasteiger partial charge in [-0.1, -0.05) is 12.2 Å². The Labute approximate surface area is 115 Å². The Balaban J connectivity index is 3.41. The Kier molecular flexibility index (Phi) is 4.54. The predicted octanol–water partition coefficient (Wildman–Crippen LogP) is 1.80. The van der Waals surface area contributed by atoms with Gasteiger partial charge in [-0.2, -0.15) is 0 Å². The number of sulfonamides is 1. The number of benzene rings is 1. The highest BCUT2D eigenvalue weighted by atomic mass is 32.2. The van der Waals surface area contributed by atoms with E-state index in [-0.39, 0.29) is 0 Å². The third-order valence-corrected chi connectivity index (χ3v) is 4.50. The molecule has 0 spiro atoms. The van der Waals surface area contributed by atoms with Gasteiger partial charge in [-0.05, 0) is 6.92 Å². The number of nitrogens with two attached hydrogens (primary N) is 1. The van der Waals surface area contributed by atoms with E-state index in [4.69, 9.17) is 5.73 Å². The Hall–Kier alpha value is -1.49. The standard InChI is InChI=1S/C9H7F5N2O2S2/c1-2(9(15)19)20(17,18)16-8-6(13)4(11)3(10)5(12)7(8)14/h2,16H,1H3,(H2,15,19). The van der Waals surface area contributed by atoms with Crippen LogP contribution < -0.4 is 10.5 Å². The smallest absolute Gasteiger partial charge is 0.242 e. The molecule has 0 fully saturated rings. The Morgan fingerprint density at radius 1 is 1.05 bits per heavy atom. The summed E-state index contributed by atoms with van der Waals surface area (Å²) in [6.07, 6.45) is 0. The maximum atomic E-state index is 13.3. The molecule has 0 saturated heterocycles. The van der Waals surface area contributed by atoms with E-state index in [9.17, 15) is 30.4 Å². The highest BCUT2D eigenvalue weighted by Crippen LogP contribution is 2.28. The van der Waals surface area contributed by atoms with Gasteiger partial charge in [0.1, 0.15) is 10.9 Å². The fourth-order valence-electron chi connectivity index (χ4n) is 1.08. The van der Waals surface area contributed by atoms with Gasteiger partial charge in [0.15, 0.2) is 23.3 Å². The number of hydrogen-bond donors (Lipinski definition) is 2. The summed E-state index contributed by atoms with van der Waals surface area (Å²) in [6.45, 7) is 0.983. The molecule has 11 heteroatoms. The van der Waals surface area contributed by atoms with Crippen LogP contribution in [0.1, 0.15) is 6.92 Å². The summed E-state index contributed by atoms with van der Waals surface area (Å²) >= 11 is 4.38. The maximum absolute atomic E-state index is 13.3. The van der Waals surface area contributed by atoms with Gasteiger partial charge in [0.25, 0.3) is 0 Å². The molecule has 1 unspecified atom stereocenters. The number of thiocarbonyl (C=S) groups is 1. The number of rotatable bonds is 4. The molecule has 0 aromatic heterocycles. The molecule has 0 aliphatic heterocycles. The van der Waals surface area contributed by atoms with E-state index in [0.29, 0.717) is 0 Å². The van der Waals surface area contributed by atoms with E-state index in [1.807, 2.05) is 0 Å². The van der Waals surface area contributed by atoms with Gasteiger partial charge in [-0.15, -0.1) is 0 Å². The van der Waals surface area contributed by atoms with Crippen molar-refractivity contribution >= 4 is 32.9 Å². The van der Waals surface area contributed by atoms with Crippen molar-refractivity contribution in [3.8, 4) is 0 Å². The predicted molar refractivity (Wildman–Crippen MR) is 65.0 cm³/mol. The molecule has 4 nitrogen and oxygen atoms in total. The molecule has 0 amide bonds. The van der Waals surface area contributed by atoms with Crippen LogP contribution in [-0.2, 0) is 10.0 Å². The summed E-state index contributed by atoms with van der Waals surface area (Å²) in [5.74, 6) is -11.6. The van der Waals surface area contributed by atoms with E-state index in [0.717, 1.165) is 6.92 Å². The Morgan fingerprint density at radius 2 is 1.40 bits per heavy atom. The topological polar surface area (TPSA) is 72.2 Å².